The fraction of sp³-hybridized carbons (Fsp3) is 0.267. The normalized spacial score (nSPS) is 11.6. The molecule has 22 heavy (non-hydrogen) atoms. The number of rotatable bonds is 1. The van der Waals surface area contributed by atoms with E-state index in [0.717, 1.165) is 0 Å². The Hall–Kier alpha value is -0.680. The molecule has 0 aliphatic rings. The van der Waals surface area contributed by atoms with E-state index in [9.17, 15) is 4.79 Å². The number of ether oxygens (including phenoxy) is 1. The molecule has 1 aromatic carbocycles. The highest BCUT2D eigenvalue weighted by molar-refractivity contribution is 9.10. The van der Waals surface area contributed by atoms with Gasteiger partial charge in [-0.05, 0) is 54.9 Å². The SMILES string of the molecule is CC(C)(C)OC(=O)n1cc(Br)cc1-c1c(Cl)cc(Cl)cc1Cl. The van der Waals surface area contributed by atoms with E-state index in [1.165, 1.54) is 4.57 Å². The first-order chi connectivity index (χ1) is 10.1. The van der Waals surface area contributed by atoms with Crippen LogP contribution in [0.1, 0.15) is 20.8 Å². The number of nitrogens with zero attached hydrogens (tertiary/aromatic N) is 1. The van der Waals surface area contributed by atoms with Gasteiger partial charge >= 0.3 is 6.09 Å². The van der Waals surface area contributed by atoms with Crippen LogP contribution in [0.4, 0.5) is 4.79 Å². The van der Waals surface area contributed by atoms with E-state index in [0.29, 0.717) is 30.8 Å². The highest BCUT2D eigenvalue weighted by Crippen LogP contribution is 2.39. The van der Waals surface area contributed by atoms with Gasteiger partial charge in [-0.15, -0.1) is 0 Å². The molecule has 1 aromatic heterocycles. The van der Waals surface area contributed by atoms with Gasteiger partial charge in [0.25, 0.3) is 0 Å². The molecule has 3 nitrogen and oxygen atoms in total. The third-order valence-corrected chi connectivity index (χ3v) is 3.89. The van der Waals surface area contributed by atoms with Crippen LogP contribution in [0.5, 0.6) is 0 Å². The predicted octanol–water partition coefficient (Wildman–Crippen LogP) is 6.66. The van der Waals surface area contributed by atoms with Crippen molar-refractivity contribution in [1.29, 1.82) is 0 Å². The number of hydrogen-bond donors (Lipinski definition) is 0. The quantitative estimate of drug-likeness (QED) is 0.511. The Labute approximate surface area is 152 Å². The Morgan fingerprint density at radius 3 is 2.18 bits per heavy atom. The third kappa shape index (κ3) is 3.99. The largest absolute Gasteiger partial charge is 0.443 e. The molecule has 0 saturated heterocycles. The Kier molecular flexibility index (Phi) is 5.17. The Bertz CT molecular complexity index is 712. The van der Waals surface area contributed by atoms with Crippen LogP contribution >= 0.6 is 50.7 Å². The minimum atomic E-state index is -0.612. The van der Waals surface area contributed by atoms with Crippen molar-refractivity contribution in [1.82, 2.24) is 4.57 Å². The average molecular weight is 426 g/mol. The lowest BCUT2D eigenvalue weighted by Gasteiger charge is -2.20. The van der Waals surface area contributed by atoms with Gasteiger partial charge < -0.3 is 4.74 Å². The molecule has 0 spiro atoms. The number of carbonyl (C=O) groups is 1. The second kappa shape index (κ2) is 6.44. The number of halogens is 4. The molecule has 2 aromatic rings. The van der Waals surface area contributed by atoms with Crippen molar-refractivity contribution < 1.29 is 9.53 Å². The summed E-state index contributed by atoms with van der Waals surface area (Å²) in [5.41, 5.74) is 0.427. The van der Waals surface area contributed by atoms with Gasteiger partial charge in [0.2, 0.25) is 0 Å². The second-order valence-electron chi connectivity index (χ2n) is 5.64. The van der Waals surface area contributed by atoms with E-state index in [-0.39, 0.29) is 0 Å². The fourth-order valence-electron chi connectivity index (χ4n) is 1.87. The molecule has 0 fully saturated rings. The third-order valence-electron chi connectivity index (χ3n) is 2.64. The molecule has 0 radical (unpaired) electrons. The molecule has 0 saturated carbocycles. The van der Waals surface area contributed by atoms with Crippen molar-refractivity contribution in [2.75, 3.05) is 0 Å². The average Bonchev–Trinajstić information content (AvgIpc) is 2.67. The van der Waals surface area contributed by atoms with E-state index < -0.39 is 11.7 Å². The Balaban J connectivity index is 2.57. The van der Waals surface area contributed by atoms with E-state index >= 15 is 0 Å². The molecule has 0 aliphatic carbocycles. The topological polar surface area (TPSA) is 31.2 Å². The van der Waals surface area contributed by atoms with Crippen LogP contribution in [0.2, 0.25) is 15.1 Å². The van der Waals surface area contributed by atoms with E-state index in [2.05, 4.69) is 15.9 Å². The lowest BCUT2D eigenvalue weighted by Crippen LogP contribution is -2.27. The van der Waals surface area contributed by atoms with Gasteiger partial charge in [-0.25, -0.2) is 4.79 Å². The van der Waals surface area contributed by atoms with Gasteiger partial charge in [0.1, 0.15) is 5.60 Å². The second-order valence-corrected chi connectivity index (χ2v) is 7.80. The Morgan fingerprint density at radius 1 is 1.14 bits per heavy atom. The molecule has 1 heterocycles. The molecule has 0 unspecified atom stereocenters. The van der Waals surface area contributed by atoms with Crippen molar-refractivity contribution in [3.63, 3.8) is 0 Å². The molecule has 118 valence electrons. The van der Waals surface area contributed by atoms with Gasteiger partial charge in [0.15, 0.2) is 0 Å². The van der Waals surface area contributed by atoms with Crippen LogP contribution < -0.4 is 0 Å². The standard InChI is InChI=1S/C15H13BrCl3NO2/c1-15(2,3)22-14(21)20-7-8(16)4-12(20)13-10(18)5-9(17)6-11(13)19/h4-7H,1-3H3. The summed E-state index contributed by atoms with van der Waals surface area (Å²) in [6.45, 7) is 5.39. The molecule has 7 heteroatoms. The molecular weight excluding hydrogens is 412 g/mol. The first-order valence-corrected chi connectivity index (χ1v) is 8.27. The maximum Gasteiger partial charge on any atom is 0.419 e. The molecular formula is C15H13BrCl3NO2. The maximum atomic E-state index is 12.4. The highest BCUT2D eigenvalue weighted by Gasteiger charge is 2.23. The minimum Gasteiger partial charge on any atom is -0.443 e. The minimum absolute atomic E-state index is 0.355. The monoisotopic (exact) mass is 423 g/mol. The number of hydrogen-bond acceptors (Lipinski definition) is 2. The number of aromatic nitrogens is 1. The summed E-state index contributed by atoms with van der Waals surface area (Å²) in [6, 6.07) is 4.89. The molecule has 0 aliphatic heterocycles. The zero-order valence-corrected chi connectivity index (χ0v) is 15.9. The van der Waals surface area contributed by atoms with E-state index in [1.807, 2.05) is 0 Å². The summed E-state index contributed by atoms with van der Waals surface area (Å²) in [4.78, 5) is 12.4. The van der Waals surface area contributed by atoms with Gasteiger partial charge in [0.05, 0.1) is 15.7 Å². The summed E-state index contributed by atoms with van der Waals surface area (Å²) in [6.07, 6.45) is 1.08. The van der Waals surface area contributed by atoms with Gasteiger partial charge in [-0.2, -0.15) is 0 Å². The van der Waals surface area contributed by atoms with Crippen LogP contribution in [0.3, 0.4) is 0 Å². The summed E-state index contributed by atoms with van der Waals surface area (Å²) in [5.74, 6) is 0. The van der Waals surface area contributed by atoms with Crippen LogP contribution in [0.15, 0.2) is 28.9 Å². The molecule has 0 atom stereocenters. The zero-order chi connectivity index (χ0) is 16.7. The Morgan fingerprint density at radius 2 is 1.68 bits per heavy atom. The van der Waals surface area contributed by atoms with Crippen molar-refractivity contribution in [3.8, 4) is 11.3 Å². The lowest BCUT2D eigenvalue weighted by molar-refractivity contribution is 0.0540. The number of carbonyl (C=O) groups excluding carboxylic acids is 1. The first kappa shape index (κ1) is 17.7. The molecule has 0 bridgehead atoms. The van der Waals surface area contributed by atoms with Gasteiger partial charge in [0, 0.05) is 21.3 Å². The van der Waals surface area contributed by atoms with E-state index in [4.69, 9.17) is 39.5 Å². The van der Waals surface area contributed by atoms with E-state index in [1.54, 1.807) is 45.2 Å². The van der Waals surface area contributed by atoms with Crippen molar-refractivity contribution in [2.45, 2.75) is 26.4 Å². The van der Waals surface area contributed by atoms with Crippen LogP contribution in [-0.2, 0) is 4.74 Å². The molecule has 2 rings (SSSR count). The summed E-state index contributed by atoms with van der Waals surface area (Å²) in [5, 5.41) is 1.13. The van der Waals surface area contributed by atoms with Crippen molar-refractivity contribution in [2.24, 2.45) is 0 Å². The van der Waals surface area contributed by atoms with Crippen molar-refractivity contribution >= 4 is 56.8 Å². The van der Waals surface area contributed by atoms with Crippen LogP contribution in [-0.4, -0.2) is 16.3 Å². The predicted molar refractivity (Wildman–Crippen MR) is 94.2 cm³/mol. The smallest absolute Gasteiger partial charge is 0.419 e. The lowest BCUT2D eigenvalue weighted by atomic mass is 10.1. The summed E-state index contributed by atoms with van der Waals surface area (Å²) >= 11 is 21.8. The summed E-state index contributed by atoms with van der Waals surface area (Å²) in [7, 11) is 0. The van der Waals surface area contributed by atoms with Crippen LogP contribution in [0, 0.1) is 0 Å². The maximum absolute atomic E-state index is 12.4. The summed E-state index contributed by atoms with van der Waals surface area (Å²) < 4.78 is 7.46. The van der Waals surface area contributed by atoms with Crippen LogP contribution in [0.25, 0.3) is 11.3 Å². The van der Waals surface area contributed by atoms with Gasteiger partial charge in [-0.1, -0.05) is 34.8 Å². The first-order valence-electron chi connectivity index (χ1n) is 6.34. The van der Waals surface area contributed by atoms with Gasteiger partial charge in [-0.3, -0.25) is 4.57 Å². The fourth-order valence-corrected chi connectivity index (χ4v) is 3.30. The molecule has 0 N–H and O–H groups in total. The number of benzene rings is 1. The molecule has 0 amide bonds. The highest BCUT2D eigenvalue weighted by atomic mass is 79.9. The van der Waals surface area contributed by atoms with Crippen molar-refractivity contribution in [3.05, 3.63) is 43.9 Å². The zero-order valence-electron chi connectivity index (χ0n) is 12.1.